The average Bonchev–Trinajstić information content (AvgIpc) is 2.74. The molecule has 0 aliphatic carbocycles. The Morgan fingerprint density at radius 2 is 1.87 bits per heavy atom. The first kappa shape index (κ1) is 23.6. The maximum atomic E-state index is 12.6. The van der Waals surface area contributed by atoms with Crippen molar-refractivity contribution in [3.05, 3.63) is 39.4 Å². The van der Waals surface area contributed by atoms with Crippen molar-refractivity contribution in [1.82, 2.24) is 18.8 Å². The van der Waals surface area contributed by atoms with E-state index in [2.05, 4.69) is 4.98 Å². The zero-order valence-corrected chi connectivity index (χ0v) is 19.7. The molecule has 1 N–H and O–H groups in total. The molecule has 1 fully saturated rings. The first-order chi connectivity index (χ1) is 14.7. The lowest BCUT2D eigenvalue weighted by atomic mass is 10.0. The van der Waals surface area contributed by atoms with Crippen LogP contribution in [-0.4, -0.2) is 65.5 Å². The monoisotopic (exact) mass is 466 g/mol. The van der Waals surface area contributed by atoms with Gasteiger partial charge in [-0.2, -0.15) is 0 Å². The number of nitrogens with one attached hydrogen (secondary N) is 1. The van der Waals surface area contributed by atoms with Crippen LogP contribution in [0.15, 0.2) is 29.1 Å². The standard InChI is InChI=1S/C21H30N4O4S2/c1-23(31(2,28)29)16-11-14-24(15-12-16)19(26)10-4-3-7-13-25-20(27)17-8-5-6-9-18(17)22-21(25)30/h5-6,8-9,16H,3-4,7,10-15H2,1-2H3,(H,22,30). The van der Waals surface area contributed by atoms with E-state index in [1.54, 1.807) is 17.7 Å². The number of hydrogen-bond acceptors (Lipinski definition) is 5. The summed E-state index contributed by atoms with van der Waals surface area (Å²) >= 11 is 5.33. The summed E-state index contributed by atoms with van der Waals surface area (Å²) in [5, 5.41) is 0.621. The van der Waals surface area contributed by atoms with Crippen molar-refractivity contribution in [2.45, 2.75) is 51.1 Å². The molecule has 170 valence electrons. The number of sulfonamides is 1. The molecule has 10 heteroatoms. The fourth-order valence-corrected chi connectivity index (χ4v) is 5.07. The molecule has 3 rings (SSSR count). The maximum Gasteiger partial charge on any atom is 0.262 e. The predicted octanol–water partition coefficient (Wildman–Crippen LogP) is 2.50. The van der Waals surface area contributed by atoms with Gasteiger partial charge in [0.05, 0.1) is 17.2 Å². The number of fused-ring (bicyclic) bond motifs is 1. The summed E-state index contributed by atoms with van der Waals surface area (Å²) in [6, 6.07) is 7.28. The first-order valence-electron chi connectivity index (χ1n) is 10.6. The zero-order chi connectivity index (χ0) is 22.6. The normalized spacial score (nSPS) is 15.6. The number of rotatable bonds is 8. The van der Waals surface area contributed by atoms with Crippen LogP contribution in [0.25, 0.3) is 10.9 Å². The van der Waals surface area contributed by atoms with E-state index in [-0.39, 0.29) is 17.5 Å². The number of para-hydroxylation sites is 1. The Bertz CT molecular complexity index is 1150. The highest BCUT2D eigenvalue weighted by Crippen LogP contribution is 2.18. The van der Waals surface area contributed by atoms with E-state index in [9.17, 15) is 18.0 Å². The number of amides is 1. The minimum Gasteiger partial charge on any atom is -0.343 e. The second-order valence-electron chi connectivity index (χ2n) is 8.13. The smallest absolute Gasteiger partial charge is 0.262 e. The van der Waals surface area contributed by atoms with Gasteiger partial charge in [-0.3, -0.25) is 14.2 Å². The molecular weight excluding hydrogens is 436 g/mol. The number of benzene rings is 1. The Labute approximate surface area is 187 Å². The molecule has 1 aliphatic rings. The maximum absolute atomic E-state index is 12.6. The summed E-state index contributed by atoms with van der Waals surface area (Å²) in [7, 11) is -1.60. The quantitative estimate of drug-likeness (QED) is 0.476. The third-order valence-corrected chi connectivity index (χ3v) is 7.68. The Balaban J connectivity index is 1.43. The number of aromatic amines is 1. The van der Waals surface area contributed by atoms with Crippen molar-refractivity contribution in [2.24, 2.45) is 0 Å². The Morgan fingerprint density at radius 1 is 1.19 bits per heavy atom. The molecule has 0 bridgehead atoms. The van der Waals surface area contributed by atoms with Crippen LogP contribution in [0.5, 0.6) is 0 Å². The molecule has 1 saturated heterocycles. The molecule has 1 aliphatic heterocycles. The topological polar surface area (TPSA) is 95.5 Å². The van der Waals surface area contributed by atoms with Gasteiger partial charge in [0.15, 0.2) is 4.77 Å². The number of unbranched alkanes of at least 4 members (excludes halogenated alkanes) is 2. The Kier molecular flexibility index (Phi) is 7.66. The third kappa shape index (κ3) is 5.81. The first-order valence-corrected chi connectivity index (χ1v) is 12.9. The Morgan fingerprint density at radius 3 is 2.55 bits per heavy atom. The van der Waals surface area contributed by atoms with E-state index in [0.29, 0.717) is 49.1 Å². The number of nitrogens with zero attached hydrogens (tertiary/aromatic N) is 3. The van der Waals surface area contributed by atoms with Crippen LogP contribution >= 0.6 is 12.2 Å². The molecule has 0 radical (unpaired) electrons. The molecule has 2 aromatic rings. The largest absolute Gasteiger partial charge is 0.343 e. The van der Waals surface area contributed by atoms with Crippen molar-refractivity contribution >= 4 is 39.1 Å². The molecule has 0 saturated carbocycles. The molecule has 1 amide bonds. The van der Waals surface area contributed by atoms with Gasteiger partial charge in [0, 0.05) is 39.1 Å². The summed E-state index contributed by atoms with van der Waals surface area (Å²) < 4.78 is 26.8. The minimum absolute atomic E-state index is 0.0382. The number of hydrogen-bond donors (Lipinski definition) is 1. The second kappa shape index (κ2) is 10.1. The molecule has 8 nitrogen and oxygen atoms in total. The number of carbonyl (C=O) groups is 1. The van der Waals surface area contributed by atoms with Crippen LogP contribution < -0.4 is 5.56 Å². The van der Waals surface area contributed by atoms with Gasteiger partial charge >= 0.3 is 0 Å². The van der Waals surface area contributed by atoms with Crippen LogP contribution in [0.4, 0.5) is 0 Å². The average molecular weight is 467 g/mol. The fraction of sp³-hybridized carbons (Fsp3) is 0.571. The molecule has 31 heavy (non-hydrogen) atoms. The van der Waals surface area contributed by atoms with Crippen molar-refractivity contribution < 1.29 is 13.2 Å². The van der Waals surface area contributed by atoms with E-state index >= 15 is 0 Å². The van der Waals surface area contributed by atoms with Crippen LogP contribution in [-0.2, 0) is 21.4 Å². The van der Waals surface area contributed by atoms with Crippen LogP contribution in [0.2, 0.25) is 0 Å². The van der Waals surface area contributed by atoms with Crippen LogP contribution in [0.1, 0.15) is 38.5 Å². The lowest BCUT2D eigenvalue weighted by molar-refractivity contribution is -0.132. The van der Waals surface area contributed by atoms with Gasteiger partial charge in [0.25, 0.3) is 5.56 Å². The number of likely N-dealkylation sites (tertiary alicyclic amines) is 1. The lowest BCUT2D eigenvalue weighted by Gasteiger charge is -2.35. The summed E-state index contributed by atoms with van der Waals surface area (Å²) in [5.74, 6) is 0.112. The number of H-pyrrole nitrogens is 1. The summed E-state index contributed by atoms with van der Waals surface area (Å²) in [6.07, 6.45) is 5.35. The van der Waals surface area contributed by atoms with Gasteiger partial charge in [-0.15, -0.1) is 0 Å². The van der Waals surface area contributed by atoms with Gasteiger partial charge in [-0.1, -0.05) is 18.6 Å². The highest BCUT2D eigenvalue weighted by Gasteiger charge is 2.28. The minimum atomic E-state index is -3.21. The highest BCUT2D eigenvalue weighted by atomic mass is 32.2. The van der Waals surface area contributed by atoms with Crippen LogP contribution in [0.3, 0.4) is 0 Å². The van der Waals surface area contributed by atoms with Gasteiger partial charge in [0.1, 0.15) is 0 Å². The van der Waals surface area contributed by atoms with Gasteiger partial charge < -0.3 is 9.88 Å². The molecule has 2 heterocycles. The van der Waals surface area contributed by atoms with E-state index < -0.39 is 10.0 Å². The van der Waals surface area contributed by atoms with E-state index in [1.807, 2.05) is 23.1 Å². The Hall–Kier alpha value is -2.04. The van der Waals surface area contributed by atoms with Crippen molar-refractivity contribution in [2.75, 3.05) is 26.4 Å². The van der Waals surface area contributed by atoms with Crippen LogP contribution in [0, 0.1) is 4.77 Å². The van der Waals surface area contributed by atoms with Gasteiger partial charge in [0.2, 0.25) is 15.9 Å². The second-order valence-corrected chi connectivity index (χ2v) is 10.6. The lowest BCUT2D eigenvalue weighted by Crippen LogP contribution is -2.46. The predicted molar refractivity (Wildman–Crippen MR) is 124 cm³/mol. The van der Waals surface area contributed by atoms with E-state index in [1.165, 1.54) is 10.6 Å². The molecule has 0 unspecified atom stereocenters. The summed E-state index contributed by atoms with van der Waals surface area (Å²) in [5.41, 5.74) is 0.656. The number of carbonyl (C=O) groups excluding carboxylic acids is 1. The molecule has 0 atom stereocenters. The zero-order valence-electron chi connectivity index (χ0n) is 18.0. The van der Waals surface area contributed by atoms with Gasteiger partial charge in [-0.05, 0) is 50.0 Å². The molecule has 1 aromatic carbocycles. The highest BCUT2D eigenvalue weighted by molar-refractivity contribution is 7.88. The molecular formula is C21H30N4O4S2. The molecule has 1 aromatic heterocycles. The summed E-state index contributed by atoms with van der Waals surface area (Å²) in [6.45, 7) is 1.70. The number of aromatic nitrogens is 2. The number of piperidine rings is 1. The summed E-state index contributed by atoms with van der Waals surface area (Å²) in [4.78, 5) is 30.0. The van der Waals surface area contributed by atoms with Gasteiger partial charge in [-0.25, -0.2) is 12.7 Å². The van der Waals surface area contributed by atoms with E-state index in [0.717, 1.165) is 24.8 Å². The molecule has 0 spiro atoms. The van der Waals surface area contributed by atoms with E-state index in [4.69, 9.17) is 12.2 Å². The van der Waals surface area contributed by atoms with Crippen molar-refractivity contribution in [3.8, 4) is 0 Å². The fourth-order valence-electron chi connectivity index (χ4n) is 4.03. The van der Waals surface area contributed by atoms with Crippen molar-refractivity contribution in [1.29, 1.82) is 0 Å². The third-order valence-electron chi connectivity index (χ3n) is 6.02. The SMILES string of the molecule is CN(C1CCN(C(=O)CCCCCn2c(=S)[nH]c3ccccc3c2=O)CC1)S(C)(=O)=O. The van der Waals surface area contributed by atoms with Crippen molar-refractivity contribution in [3.63, 3.8) is 0 Å².